The van der Waals surface area contributed by atoms with Crippen LogP contribution in [0.4, 0.5) is 0 Å². The van der Waals surface area contributed by atoms with Gasteiger partial charge in [0, 0.05) is 0 Å². The Morgan fingerprint density at radius 3 is 1.83 bits per heavy atom. The van der Waals surface area contributed by atoms with Crippen LogP contribution in [-0.4, -0.2) is 6.29 Å². The molecular formula is C5H9O+. The molecule has 0 aromatic rings. The van der Waals surface area contributed by atoms with Crippen LogP contribution in [0.3, 0.4) is 0 Å². The number of hydrogen-bond donors (Lipinski definition) is 0. The fourth-order valence-corrected chi connectivity index (χ4v) is 0. The summed E-state index contributed by atoms with van der Waals surface area (Å²) in [4.78, 5) is 9.76. The van der Waals surface area contributed by atoms with Crippen molar-refractivity contribution in [2.75, 3.05) is 0 Å². The van der Waals surface area contributed by atoms with Crippen LogP contribution >= 0.6 is 0 Å². The Morgan fingerprint density at radius 2 is 1.83 bits per heavy atom. The van der Waals surface area contributed by atoms with Crippen molar-refractivity contribution in [3.63, 3.8) is 0 Å². The fourth-order valence-electron chi connectivity index (χ4n) is 0. The monoisotopic (exact) mass is 85.1 g/mol. The number of aldehydes is 1. The van der Waals surface area contributed by atoms with E-state index in [0.717, 1.165) is 6.29 Å². The lowest BCUT2D eigenvalue weighted by Gasteiger charge is -1.94. The molecule has 0 aliphatic rings. The quantitative estimate of drug-likeness (QED) is 0.343. The van der Waals surface area contributed by atoms with Crippen molar-refractivity contribution in [3.05, 3.63) is 6.92 Å². The number of rotatable bonds is 1. The third-order valence-corrected chi connectivity index (χ3v) is 0.319. The molecule has 0 amide bonds. The molecule has 6 heavy (non-hydrogen) atoms. The topological polar surface area (TPSA) is 17.1 Å². The van der Waals surface area contributed by atoms with Crippen molar-refractivity contribution in [1.82, 2.24) is 0 Å². The molecule has 0 aromatic carbocycles. The summed E-state index contributed by atoms with van der Waals surface area (Å²) in [6.07, 6.45) is 0.826. The van der Waals surface area contributed by atoms with Crippen molar-refractivity contribution >= 4 is 6.29 Å². The van der Waals surface area contributed by atoms with Crippen molar-refractivity contribution in [1.29, 1.82) is 0 Å². The predicted molar refractivity (Wildman–Crippen MR) is 25.2 cm³/mol. The summed E-state index contributed by atoms with van der Waals surface area (Å²) < 4.78 is 0. The highest BCUT2D eigenvalue weighted by Gasteiger charge is 2.14. The van der Waals surface area contributed by atoms with Gasteiger partial charge in [-0.25, -0.2) is 0 Å². The Bertz CT molecular complexity index is 49.4. The normalized spacial score (nSPS) is 11.0. The molecule has 1 heteroatoms. The van der Waals surface area contributed by atoms with Crippen LogP contribution in [0, 0.1) is 12.3 Å². The van der Waals surface area contributed by atoms with E-state index >= 15 is 0 Å². The van der Waals surface area contributed by atoms with Gasteiger partial charge in [0.05, 0.1) is 6.92 Å². The van der Waals surface area contributed by atoms with E-state index in [1.165, 1.54) is 0 Å². The van der Waals surface area contributed by atoms with Crippen molar-refractivity contribution in [3.8, 4) is 0 Å². The summed E-state index contributed by atoms with van der Waals surface area (Å²) >= 11 is 0. The first-order valence-corrected chi connectivity index (χ1v) is 1.88. The average Bonchev–Trinajstić information content (AvgIpc) is 1.35. The van der Waals surface area contributed by atoms with Gasteiger partial charge in [-0.2, -0.15) is 0 Å². The zero-order valence-electron chi connectivity index (χ0n) is 4.19. The Labute approximate surface area is 38.4 Å². The summed E-state index contributed by atoms with van der Waals surface area (Å²) in [7, 11) is 0. The van der Waals surface area contributed by atoms with Crippen LogP contribution in [0.1, 0.15) is 13.8 Å². The molecule has 0 N–H and O–H groups in total. The van der Waals surface area contributed by atoms with Crippen LogP contribution in [0.15, 0.2) is 0 Å². The maximum absolute atomic E-state index is 9.76. The van der Waals surface area contributed by atoms with Crippen LogP contribution in [0.25, 0.3) is 0 Å². The van der Waals surface area contributed by atoms with E-state index in [1.807, 2.05) is 0 Å². The van der Waals surface area contributed by atoms with Gasteiger partial charge in [0.15, 0.2) is 11.7 Å². The maximum atomic E-state index is 9.76. The zero-order chi connectivity index (χ0) is 5.21. The molecular weight excluding hydrogens is 76.1 g/mol. The van der Waals surface area contributed by atoms with Gasteiger partial charge in [-0.3, -0.25) is 4.79 Å². The molecule has 0 aromatic heterocycles. The number of carbonyl (C=O) groups excluding carboxylic acids is 1. The SMILES string of the molecule is [CH2+]C(C)(C)C=O. The largest absolute Gasteiger partial charge is 0.298 e. The van der Waals surface area contributed by atoms with Crippen LogP contribution in [0.2, 0.25) is 0 Å². The van der Waals surface area contributed by atoms with Gasteiger partial charge < -0.3 is 0 Å². The van der Waals surface area contributed by atoms with Gasteiger partial charge in [-0.05, 0) is 13.8 Å². The Balaban J connectivity index is 3.45. The molecule has 0 heterocycles. The first-order chi connectivity index (χ1) is 2.56. The fraction of sp³-hybridized carbons (Fsp3) is 0.600. The van der Waals surface area contributed by atoms with E-state index in [9.17, 15) is 4.79 Å². The highest BCUT2D eigenvalue weighted by molar-refractivity contribution is 5.58. The predicted octanol–water partition coefficient (Wildman–Crippen LogP) is 1.05. The second kappa shape index (κ2) is 1.33. The average molecular weight is 85.1 g/mol. The van der Waals surface area contributed by atoms with Crippen LogP contribution < -0.4 is 0 Å². The first kappa shape index (κ1) is 5.54. The summed E-state index contributed by atoms with van der Waals surface area (Å²) in [6, 6.07) is 0. The molecule has 1 nitrogen and oxygen atoms in total. The Hall–Kier alpha value is -0.460. The van der Waals surface area contributed by atoms with Crippen LogP contribution in [-0.2, 0) is 4.79 Å². The van der Waals surface area contributed by atoms with Gasteiger partial charge in [-0.15, -0.1) is 0 Å². The second-order valence-electron chi connectivity index (χ2n) is 2.11. The zero-order valence-corrected chi connectivity index (χ0v) is 4.19. The molecule has 34 valence electrons. The molecule has 0 fully saturated rings. The highest BCUT2D eigenvalue weighted by Crippen LogP contribution is 2.04. The van der Waals surface area contributed by atoms with E-state index in [-0.39, 0.29) is 5.41 Å². The molecule has 0 saturated heterocycles. The molecule has 0 aliphatic carbocycles. The van der Waals surface area contributed by atoms with Crippen LogP contribution in [0.5, 0.6) is 0 Å². The van der Waals surface area contributed by atoms with E-state index in [4.69, 9.17) is 0 Å². The molecule has 0 aliphatic heterocycles. The molecule has 0 rings (SSSR count). The molecule has 0 spiro atoms. The number of carbonyl (C=O) groups is 1. The highest BCUT2D eigenvalue weighted by atomic mass is 16.1. The van der Waals surface area contributed by atoms with E-state index in [1.54, 1.807) is 13.8 Å². The van der Waals surface area contributed by atoms with Gasteiger partial charge in [0.25, 0.3) is 0 Å². The van der Waals surface area contributed by atoms with Gasteiger partial charge in [0.2, 0.25) is 0 Å². The lowest BCUT2D eigenvalue weighted by molar-refractivity contribution is -0.112. The van der Waals surface area contributed by atoms with Gasteiger partial charge in [-0.1, -0.05) is 0 Å². The summed E-state index contributed by atoms with van der Waals surface area (Å²) in [6.45, 7) is 7.05. The first-order valence-electron chi connectivity index (χ1n) is 1.88. The minimum atomic E-state index is -0.389. The van der Waals surface area contributed by atoms with Crippen molar-refractivity contribution in [2.24, 2.45) is 5.41 Å². The molecule has 0 bridgehead atoms. The minimum Gasteiger partial charge on any atom is -0.298 e. The molecule has 0 saturated carbocycles. The Morgan fingerprint density at radius 1 is 1.67 bits per heavy atom. The minimum absolute atomic E-state index is 0.389. The molecule has 0 atom stereocenters. The van der Waals surface area contributed by atoms with E-state index < -0.39 is 0 Å². The van der Waals surface area contributed by atoms with E-state index in [2.05, 4.69) is 6.92 Å². The van der Waals surface area contributed by atoms with E-state index in [0.29, 0.717) is 0 Å². The lowest BCUT2D eigenvalue weighted by atomic mass is 10.0. The summed E-state index contributed by atoms with van der Waals surface area (Å²) in [5.41, 5.74) is -0.389. The van der Waals surface area contributed by atoms with Gasteiger partial charge in [0.1, 0.15) is 0 Å². The molecule has 0 unspecified atom stereocenters. The lowest BCUT2D eigenvalue weighted by Crippen LogP contribution is -2.05. The standard InChI is InChI=1S/C5H9O/c1-5(2,3)4-6/h4H,1H2,2-3H3/q+1. The molecule has 0 radical (unpaired) electrons. The van der Waals surface area contributed by atoms with Crippen molar-refractivity contribution < 1.29 is 4.79 Å². The third-order valence-electron chi connectivity index (χ3n) is 0.319. The second-order valence-corrected chi connectivity index (χ2v) is 2.11. The summed E-state index contributed by atoms with van der Waals surface area (Å²) in [5.74, 6) is 0. The van der Waals surface area contributed by atoms with Crippen molar-refractivity contribution in [2.45, 2.75) is 13.8 Å². The maximum Gasteiger partial charge on any atom is 0.169 e. The van der Waals surface area contributed by atoms with Gasteiger partial charge >= 0.3 is 0 Å². The number of hydrogen-bond acceptors (Lipinski definition) is 1. The Kier molecular flexibility index (Phi) is 1.23. The third kappa shape index (κ3) is 3.54. The smallest absolute Gasteiger partial charge is 0.169 e. The summed E-state index contributed by atoms with van der Waals surface area (Å²) in [5, 5.41) is 0.